The van der Waals surface area contributed by atoms with Gasteiger partial charge in [-0.05, 0) is 23.7 Å². The molecule has 12 heavy (non-hydrogen) atoms. The Morgan fingerprint density at radius 2 is 1.67 bits per heavy atom. The van der Waals surface area contributed by atoms with E-state index >= 15 is 0 Å². The summed E-state index contributed by atoms with van der Waals surface area (Å²) in [6.07, 6.45) is 3.80. The average molecular weight is 168 g/mol. The highest BCUT2D eigenvalue weighted by atomic mass is 16.1. The van der Waals surface area contributed by atoms with E-state index in [0.717, 1.165) is 19.3 Å². The molecule has 0 aromatic heterocycles. The van der Waals surface area contributed by atoms with E-state index in [4.69, 9.17) is 0 Å². The third-order valence-electron chi connectivity index (χ3n) is 2.71. The lowest BCUT2D eigenvalue weighted by Gasteiger charge is -2.31. The number of ketones is 1. The molecule has 0 bridgehead atoms. The third kappa shape index (κ3) is 2.62. The number of carbonyl (C=O) groups excluding carboxylic acids is 1. The van der Waals surface area contributed by atoms with Gasteiger partial charge in [0, 0.05) is 12.8 Å². The summed E-state index contributed by atoms with van der Waals surface area (Å²) in [5.41, 5.74) is 0.576. The summed E-state index contributed by atoms with van der Waals surface area (Å²) in [5.74, 6) is 0.450. The van der Waals surface area contributed by atoms with E-state index in [1.165, 1.54) is 6.42 Å². The highest BCUT2D eigenvalue weighted by Crippen LogP contribution is 2.42. The molecular weight excluding hydrogens is 148 g/mol. The molecule has 70 valence electrons. The Hall–Kier alpha value is -0.330. The largest absolute Gasteiger partial charge is 0.300 e. The summed E-state index contributed by atoms with van der Waals surface area (Å²) in [4.78, 5) is 11.4. The summed E-state index contributed by atoms with van der Waals surface area (Å²) in [6.45, 7) is 8.96. The van der Waals surface area contributed by atoms with Crippen LogP contribution in [-0.4, -0.2) is 5.78 Å². The van der Waals surface area contributed by atoms with Gasteiger partial charge in [-0.1, -0.05) is 27.7 Å². The van der Waals surface area contributed by atoms with Gasteiger partial charge in [0.1, 0.15) is 5.78 Å². The first-order chi connectivity index (χ1) is 5.31. The van der Waals surface area contributed by atoms with Crippen LogP contribution in [0.1, 0.15) is 53.4 Å². The van der Waals surface area contributed by atoms with Crippen molar-refractivity contribution in [2.24, 2.45) is 10.8 Å². The molecule has 0 aromatic rings. The zero-order valence-electron chi connectivity index (χ0n) is 8.74. The van der Waals surface area contributed by atoms with Gasteiger partial charge in [0.15, 0.2) is 0 Å². The number of carbonyl (C=O) groups is 1. The molecule has 0 saturated heterocycles. The fourth-order valence-electron chi connectivity index (χ4n) is 2.55. The predicted molar refractivity (Wildman–Crippen MR) is 51.0 cm³/mol. The van der Waals surface area contributed by atoms with Gasteiger partial charge in [-0.3, -0.25) is 4.79 Å². The number of rotatable bonds is 0. The molecule has 0 heterocycles. The lowest BCUT2D eigenvalue weighted by atomic mass is 9.74. The lowest BCUT2D eigenvalue weighted by Crippen LogP contribution is -2.20. The van der Waals surface area contributed by atoms with Gasteiger partial charge in [0.2, 0.25) is 0 Å². The summed E-state index contributed by atoms with van der Waals surface area (Å²) < 4.78 is 0. The van der Waals surface area contributed by atoms with Crippen LogP contribution in [0, 0.1) is 10.8 Å². The quantitative estimate of drug-likeness (QED) is 0.508. The van der Waals surface area contributed by atoms with Crippen LogP contribution in [0.5, 0.6) is 0 Å². The third-order valence-corrected chi connectivity index (χ3v) is 2.71. The molecule has 0 atom stereocenters. The predicted octanol–water partition coefficient (Wildman–Crippen LogP) is 3.18. The molecule has 1 heteroatoms. The van der Waals surface area contributed by atoms with Crippen molar-refractivity contribution < 1.29 is 4.79 Å². The van der Waals surface area contributed by atoms with Gasteiger partial charge >= 0.3 is 0 Å². The van der Waals surface area contributed by atoms with Gasteiger partial charge in [-0.15, -0.1) is 0 Å². The highest BCUT2D eigenvalue weighted by molar-refractivity contribution is 5.79. The second-order valence-corrected chi connectivity index (χ2v) is 5.72. The molecule has 0 amide bonds. The van der Waals surface area contributed by atoms with Gasteiger partial charge in [0.25, 0.3) is 0 Å². The summed E-state index contributed by atoms with van der Waals surface area (Å²) in [5, 5.41) is 0. The van der Waals surface area contributed by atoms with E-state index in [-0.39, 0.29) is 5.41 Å². The van der Waals surface area contributed by atoms with Crippen LogP contribution in [0.4, 0.5) is 0 Å². The fourth-order valence-corrected chi connectivity index (χ4v) is 2.55. The van der Waals surface area contributed by atoms with E-state index in [9.17, 15) is 4.79 Å². The van der Waals surface area contributed by atoms with Gasteiger partial charge < -0.3 is 0 Å². The molecule has 0 unspecified atom stereocenters. The number of hydrogen-bond donors (Lipinski definition) is 0. The molecule has 1 aliphatic rings. The summed E-state index contributed by atoms with van der Waals surface area (Å²) in [6, 6.07) is 0. The second kappa shape index (κ2) is 2.86. The maximum Gasteiger partial charge on any atom is 0.133 e. The van der Waals surface area contributed by atoms with Crippen LogP contribution >= 0.6 is 0 Å². The second-order valence-electron chi connectivity index (χ2n) is 5.72. The Labute approximate surface area is 75.5 Å². The Balaban J connectivity index is 2.76. The minimum Gasteiger partial charge on any atom is -0.300 e. The zero-order chi connectivity index (χ0) is 9.41. The van der Waals surface area contributed by atoms with Gasteiger partial charge in [-0.25, -0.2) is 0 Å². The van der Waals surface area contributed by atoms with Crippen molar-refractivity contribution in [3.63, 3.8) is 0 Å². The van der Waals surface area contributed by atoms with Crippen molar-refractivity contribution in [1.29, 1.82) is 0 Å². The SMILES string of the molecule is CC1(C)CCC(=O)CC(C)(C)C1. The van der Waals surface area contributed by atoms with Gasteiger partial charge in [0.05, 0.1) is 0 Å². The van der Waals surface area contributed by atoms with Crippen molar-refractivity contribution >= 4 is 5.78 Å². The van der Waals surface area contributed by atoms with Gasteiger partial charge in [-0.2, -0.15) is 0 Å². The van der Waals surface area contributed by atoms with Crippen molar-refractivity contribution in [1.82, 2.24) is 0 Å². The lowest BCUT2D eigenvalue weighted by molar-refractivity contribution is -0.120. The van der Waals surface area contributed by atoms with E-state index in [2.05, 4.69) is 27.7 Å². The topological polar surface area (TPSA) is 17.1 Å². The summed E-state index contributed by atoms with van der Waals surface area (Å²) >= 11 is 0. The molecule has 1 fully saturated rings. The van der Waals surface area contributed by atoms with Crippen LogP contribution < -0.4 is 0 Å². The smallest absolute Gasteiger partial charge is 0.133 e. The van der Waals surface area contributed by atoms with Crippen molar-refractivity contribution in [2.45, 2.75) is 53.4 Å². The molecular formula is C11H20O. The average Bonchev–Trinajstić information content (AvgIpc) is 1.86. The number of Topliss-reactive ketones (excluding diaryl/α,β-unsaturated/α-hetero) is 1. The Kier molecular flexibility index (Phi) is 2.33. The minimum absolute atomic E-state index is 0.219. The van der Waals surface area contributed by atoms with E-state index in [1.54, 1.807) is 0 Å². The highest BCUT2D eigenvalue weighted by Gasteiger charge is 2.34. The van der Waals surface area contributed by atoms with Crippen molar-refractivity contribution in [3.8, 4) is 0 Å². The first-order valence-electron chi connectivity index (χ1n) is 4.83. The maximum absolute atomic E-state index is 11.4. The Bertz CT molecular complexity index is 189. The molecule has 0 aromatic carbocycles. The normalized spacial score (nSPS) is 28.2. The fraction of sp³-hybridized carbons (Fsp3) is 0.909. The molecule has 0 radical (unpaired) electrons. The Morgan fingerprint density at radius 1 is 1.08 bits per heavy atom. The van der Waals surface area contributed by atoms with Crippen LogP contribution in [0.15, 0.2) is 0 Å². The monoisotopic (exact) mass is 168 g/mol. The molecule has 0 aliphatic heterocycles. The molecule has 1 aliphatic carbocycles. The van der Waals surface area contributed by atoms with Crippen molar-refractivity contribution in [2.75, 3.05) is 0 Å². The molecule has 0 N–H and O–H groups in total. The van der Waals surface area contributed by atoms with Crippen LogP contribution in [0.25, 0.3) is 0 Å². The maximum atomic E-state index is 11.4. The van der Waals surface area contributed by atoms with Crippen LogP contribution in [-0.2, 0) is 4.79 Å². The first kappa shape index (κ1) is 9.76. The number of hydrogen-bond acceptors (Lipinski definition) is 1. The van der Waals surface area contributed by atoms with E-state index < -0.39 is 0 Å². The van der Waals surface area contributed by atoms with E-state index in [1.807, 2.05) is 0 Å². The van der Waals surface area contributed by atoms with Crippen molar-refractivity contribution in [3.05, 3.63) is 0 Å². The van der Waals surface area contributed by atoms with Crippen LogP contribution in [0.3, 0.4) is 0 Å². The van der Waals surface area contributed by atoms with E-state index in [0.29, 0.717) is 11.2 Å². The molecule has 1 saturated carbocycles. The molecule has 1 rings (SSSR count). The standard InChI is InChI=1S/C11H20O/c1-10(2)6-5-9(12)7-11(3,4)8-10/h5-8H2,1-4H3. The van der Waals surface area contributed by atoms with Crippen LogP contribution in [0.2, 0.25) is 0 Å². The molecule has 1 nitrogen and oxygen atoms in total. The zero-order valence-corrected chi connectivity index (χ0v) is 8.74. The minimum atomic E-state index is 0.219. The molecule has 0 spiro atoms. The first-order valence-corrected chi connectivity index (χ1v) is 4.83. The summed E-state index contributed by atoms with van der Waals surface area (Å²) in [7, 11) is 0. The Morgan fingerprint density at radius 3 is 2.25 bits per heavy atom.